The predicted molar refractivity (Wildman–Crippen MR) is 58.9 cm³/mol. The molecule has 0 spiro atoms. The fraction of sp³-hybridized carbons (Fsp3) is 0.833. The van der Waals surface area contributed by atoms with Crippen LogP contribution in [-0.4, -0.2) is 12.6 Å². The molecule has 0 aliphatic rings. The maximum Gasteiger partial charge on any atom is 0.309 e. The summed E-state index contributed by atoms with van der Waals surface area (Å²) in [5, 5.41) is 0. The van der Waals surface area contributed by atoms with Crippen molar-refractivity contribution in [3.8, 4) is 0 Å². The summed E-state index contributed by atoms with van der Waals surface area (Å²) in [6.07, 6.45) is 9.63. The Balaban J connectivity index is 3.07. The molecule has 0 bridgehead atoms. The van der Waals surface area contributed by atoms with E-state index < -0.39 is 0 Å². The molecule has 2 heteroatoms. The zero-order chi connectivity index (χ0) is 10.6. The van der Waals surface area contributed by atoms with E-state index >= 15 is 0 Å². The lowest BCUT2D eigenvalue weighted by molar-refractivity contribution is -0.139. The van der Waals surface area contributed by atoms with Gasteiger partial charge in [-0.25, -0.2) is 0 Å². The van der Waals surface area contributed by atoms with E-state index in [-0.39, 0.29) is 5.97 Å². The fourth-order valence-corrected chi connectivity index (χ4v) is 1.23. The van der Waals surface area contributed by atoms with Gasteiger partial charge < -0.3 is 4.74 Å². The molecule has 0 aliphatic heterocycles. The molecule has 14 heavy (non-hydrogen) atoms. The highest BCUT2D eigenvalue weighted by Gasteiger charge is 2.01. The van der Waals surface area contributed by atoms with Gasteiger partial charge in [-0.1, -0.05) is 46.0 Å². The fourth-order valence-electron chi connectivity index (χ4n) is 1.23. The number of carbonyl (C=O) groups excluding carboxylic acids is 1. The molecule has 0 aromatic heterocycles. The summed E-state index contributed by atoms with van der Waals surface area (Å²) >= 11 is 0. The maximum absolute atomic E-state index is 11.0. The van der Waals surface area contributed by atoms with E-state index in [1.165, 1.54) is 25.7 Å². The van der Waals surface area contributed by atoms with Crippen molar-refractivity contribution in [2.75, 3.05) is 6.61 Å². The van der Waals surface area contributed by atoms with Crippen LogP contribution in [0.25, 0.3) is 0 Å². The SMILES string of the molecule is CCCCCCC[CH]C(=O)OCCC. The Morgan fingerprint density at radius 1 is 1.07 bits per heavy atom. The van der Waals surface area contributed by atoms with Crippen molar-refractivity contribution >= 4 is 5.97 Å². The molecule has 0 saturated carbocycles. The van der Waals surface area contributed by atoms with Gasteiger partial charge in [0.25, 0.3) is 0 Å². The second kappa shape index (κ2) is 10.6. The maximum atomic E-state index is 11.0. The first-order valence-electron chi connectivity index (χ1n) is 5.81. The molecule has 0 rings (SSSR count). The smallest absolute Gasteiger partial charge is 0.309 e. The van der Waals surface area contributed by atoms with Crippen LogP contribution < -0.4 is 0 Å². The Kier molecular flexibility index (Phi) is 10.2. The number of hydrogen-bond donors (Lipinski definition) is 0. The Bertz CT molecular complexity index is 132. The molecule has 0 heterocycles. The summed E-state index contributed by atoms with van der Waals surface area (Å²) in [4.78, 5) is 11.0. The van der Waals surface area contributed by atoms with Gasteiger partial charge >= 0.3 is 5.97 Å². The minimum Gasteiger partial charge on any atom is -0.465 e. The summed E-state index contributed by atoms with van der Waals surface area (Å²) < 4.78 is 4.92. The molecule has 0 fully saturated rings. The third-order valence-electron chi connectivity index (χ3n) is 2.07. The number of unbranched alkanes of at least 4 members (excludes halogenated alkanes) is 5. The van der Waals surface area contributed by atoms with Crippen LogP contribution in [-0.2, 0) is 9.53 Å². The molecule has 0 N–H and O–H groups in total. The second-order valence-corrected chi connectivity index (χ2v) is 3.57. The van der Waals surface area contributed by atoms with Crippen molar-refractivity contribution in [1.82, 2.24) is 0 Å². The number of esters is 1. The van der Waals surface area contributed by atoms with Gasteiger partial charge in [0.05, 0.1) is 13.0 Å². The van der Waals surface area contributed by atoms with Crippen molar-refractivity contribution in [3.05, 3.63) is 6.42 Å². The van der Waals surface area contributed by atoms with Crippen LogP contribution in [0.4, 0.5) is 0 Å². The van der Waals surface area contributed by atoms with E-state index in [0.717, 1.165) is 19.3 Å². The monoisotopic (exact) mass is 199 g/mol. The van der Waals surface area contributed by atoms with Gasteiger partial charge in [0.2, 0.25) is 0 Å². The lowest BCUT2D eigenvalue weighted by Crippen LogP contribution is -2.05. The largest absolute Gasteiger partial charge is 0.465 e. The molecular weight excluding hydrogens is 176 g/mol. The van der Waals surface area contributed by atoms with Gasteiger partial charge in [-0.2, -0.15) is 0 Å². The third kappa shape index (κ3) is 9.56. The average Bonchev–Trinajstić information content (AvgIpc) is 2.20. The molecule has 1 radical (unpaired) electrons. The molecule has 0 unspecified atom stereocenters. The molecule has 2 nitrogen and oxygen atoms in total. The van der Waals surface area contributed by atoms with Crippen LogP contribution in [0.2, 0.25) is 0 Å². The Morgan fingerprint density at radius 2 is 1.79 bits per heavy atom. The topological polar surface area (TPSA) is 26.3 Å². The van der Waals surface area contributed by atoms with Crippen LogP contribution >= 0.6 is 0 Å². The zero-order valence-electron chi connectivity index (χ0n) is 9.55. The molecule has 0 amide bonds. The Hall–Kier alpha value is -0.530. The average molecular weight is 199 g/mol. The second-order valence-electron chi connectivity index (χ2n) is 3.57. The van der Waals surface area contributed by atoms with Gasteiger partial charge in [0.1, 0.15) is 0 Å². The number of carbonyl (C=O) groups is 1. The van der Waals surface area contributed by atoms with Crippen molar-refractivity contribution in [2.45, 2.75) is 58.8 Å². The van der Waals surface area contributed by atoms with Gasteiger partial charge in [0.15, 0.2) is 0 Å². The highest BCUT2D eigenvalue weighted by molar-refractivity contribution is 5.78. The molecule has 0 aliphatic carbocycles. The van der Waals surface area contributed by atoms with Gasteiger partial charge in [-0.05, 0) is 12.8 Å². The highest BCUT2D eigenvalue weighted by Crippen LogP contribution is 2.06. The summed E-state index contributed by atoms with van der Waals surface area (Å²) in [6.45, 7) is 4.75. The quantitative estimate of drug-likeness (QED) is 0.419. The van der Waals surface area contributed by atoms with Crippen molar-refractivity contribution in [1.29, 1.82) is 0 Å². The predicted octanol–water partition coefficient (Wildman–Crippen LogP) is 3.50. The van der Waals surface area contributed by atoms with Gasteiger partial charge in [0, 0.05) is 0 Å². The standard InChI is InChI=1S/C12H23O2/c1-3-5-6-7-8-9-10-12(13)14-11-4-2/h10H,3-9,11H2,1-2H3. The molecular formula is C12H23O2. The Morgan fingerprint density at radius 3 is 2.43 bits per heavy atom. The van der Waals surface area contributed by atoms with Crippen LogP contribution in [0.5, 0.6) is 0 Å². The van der Waals surface area contributed by atoms with E-state index in [4.69, 9.17) is 4.74 Å². The van der Waals surface area contributed by atoms with Crippen LogP contribution in [0.15, 0.2) is 0 Å². The Labute approximate surface area is 88.0 Å². The summed E-state index contributed by atoms with van der Waals surface area (Å²) in [5.41, 5.74) is 0. The number of rotatable bonds is 9. The van der Waals surface area contributed by atoms with Crippen molar-refractivity contribution in [3.63, 3.8) is 0 Å². The van der Waals surface area contributed by atoms with Crippen molar-refractivity contribution < 1.29 is 9.53 Å². The molecule has 0 aromatic carbocycles. The van der Waals surface area contributed by atoms with Gasteiger partial charge in [-0.15, -0.1) is 0 Å². The van der Waals surface area contributed by atoms with E-state index in [1.54, 1.807) is 6.42 Å². The summed E-state index contributed by atoms with van der Waals surface area (Å²) in [7, 11) is 0. The van der Waals surface area contributed by atoms with Gasteiger partial charge in [-0.3, -0.25) is 4.79 Å². The number of ether oxygens (including phenoxy) is 1. The third-order valence-corrected chi connectivity index (χ3v) is 2.07. The van der Waals surface area contributed by atoms with Crippen molar-refractivity contribution in [2.24, 2.45) is 0 Å². The minimum atomic E-state index is -0.151. The lowest BCUT2D eigenvalue weighted by Gasteiger charge is -2.02. The molecule has 0 aromatic rings. The summed E-state index contributed by atoms with van der Waals surface area (Å²) in [5.74, 6) is -0.151. The normalized spacial score (nSPS) is 10.1. The van der Waals surface area contributed by atoms with E-state index in [9.17, 15) is 4.79 Å². The highest BCUT2D eigenvalue weighted by atomic mass is 16.5. The minimum absolute atomic E-state index is 0.151. The molecule has 0 saturated heterocycles. The first-order valence-corrected chi connectivity index (χ1v) is 5.81. The molecule has 83 valence electrons. The lowest BCUT2D eigenvalue weighted by atomic mass is 10.1. The first kappa shape index (κ1) is 13.5. The van der Waals surface area contributed by atoms with Crippen LogP contribution in [0.3, 0.4) is 0 Å². The molecule has 0 atom stereocenters. The number of hydrogen-bond acceptors (Lipinski definition) is 2. The summed E-state index contributed by atoms with van der Waals surface area (Å²) in [6, 6.07) is 0. The first-order chi connectivity index (χ1) is 6.81. The van der Waals surface area contributed by atoms with E-state index in [1.807, 2.05) is 6.92 Å². The van der Waals surface area contributed by atoms with E-state index in [2.05, 4.69) is 6.92 Å². The van der Waals surface area contributed by atoms with E-state index in [0.29, 0.717) is 6.61 Å². The van der Waals surface area contributed by atoms with Crippen LogP contribution in [0, 0.1) is 6.42 Å². The zero-order valence-corrected chi connectivity index (χ0v) is 9.55. The van der Waals surface area contributed by atoms with Crippen LogP contribution in [0.1, 0.15) is 58.8 Å².